The second kappa shape index (κ2) is 9.61. The molecule has 2 aliphatic rings. The van der Waals surface area contributed by atoms with Crippen molar-refractivity contribution in [3.63, 3.8) is 0 Å². The number of likely N-dealkylation sites (tertiary alicyclic amines) is 1. The molecular weight excluding hydrogens is 378 g/mol. The van der Waals surface area contributed by atoms with Crippen molar-refractivity contribution in [1.82, 2.24) is 10.2 Å². The maximum atomic E-state index is 12.8. The Bertz CT molecular complexity index is 719. The van der Waals surface area contributed by atoms with E-state index in [-0.39, 0.29) is 17.9 Å². The average molecular weight is 408 g/mol. The Morgan fingerprint density at radius 3 is 2.64 bits per heavy atom. The van der Waals surface area contributed by atoms with Crippen LogP contribution in [0.1, 0.15) is 62.2 Å². The molecule has 28 heavy (non-hydrogen) atoms. The first kappa shape index (κ1) is 20.9. The highest BCUT2D eigenvalue weighted by Crippen LogP contribution is 2.32. The molecule has 1 saturated heterocycles. The van der Waals surface area contributed by atoms with Crippen LogP contribution in [0.2, 0.25) is 5.02 Å². The molecule has 1 aromatic rings. The van der Waals surface area contributed by atoms with Gasteiger partial charge in [-0.3, -0.25) is 14.5 Å². The zero-order valence-electron chi connectivity index (χ0n) is 16.7. The van der Waals surface area contributed by atoms with E-state index in [1.165, 1.54) is 39.2 Å². The van der Waals surface area contributed by atoms with Crippen molar-refractivity contribution in [3.8, 4) is 5.75 Å². The molecule has 1 heterocycles. The number of nitrogens with one attached hydrogen (secondary N) is 2. The summed E-state index contributed by atoms with van der Waals surface area (Å²) in [6.07, 6.45) is 7.83. The number of carbonyl (C=O) groups is 2. The second-order valence-corrected chi connectivity index (χ2v) is 8.09. The fourth-order valence-corrected chi connectivity index (χ4v) is 4.39. The summed E-state index contributed by atoms with van der Waals surface area (Å²) in [7, 11) is 1.51. The second-order valence-electron chi connectivity index (χ2n) is 7.68. The van der Waals surface area contributed by atoms with E-state index in [1.54, 1.807) is 19.1 Å². The monoisotopic (exact) mass is 407 g/mol. The topological polar surface area (TPSA) is 70.7 Å². The number of rotatable bonds is 6. The maximum absolute atomic E-state index is 12.8. The predicted molar refractivity (Wildman–Crippen MR) is 111 cm³/mol. The maximum Gasteiger partial charge on any atom is 0.255 e. The summed E-state index contributed by atoms with van der Waals surface area (Å²) in [6.45, 7) is 3.70. The minimum absolute atomic E-state index is 0.136. The van der Waals surface area contributed by atoms with Crippen molar-refractivity contribution in [2.45, 2.75) is 64.0 Å². The highest BCUT2D eigenvalue weighted by atomic mass is 35.5. The standard InChI is InChI=1S/C21H30ClN3O3/c1-3-20(26)24-18-12-19(28-2)16(11-17(18)22)21(27)23-14-9-10-25(13-14)15-7-5-4-6-8-15/h11-12,14-15H,3-10,13H2,1-2H3,(H,23,27)(H,24,26)/t14-/m1/s1. The molecule has 6 nitrogen and oxygen atoms in total. The van der Waals surface area contributed by atoms with Crippen LogP contribution in [0.5, 0.6) is 5.75 Å². The van der Waals surface area contributed by atoms with Crippen molar-refractivity contribution < 1.29 is 14.3 Å². The molecule has 3 rings (SSSR count). The predicted octanol–water partition coefficient (Wildman–Crippen LogP) is 3.83. The van der Waals surface area contributed by atoms with Gasteiger partial charge in [-0.05, 0) is 25.3 Å². The van der Waals surface area contributed by atoms with Gasteiger partial charge in [0.2, 0.25) is 5.91 Å². The van der Waals surface area contributed by atoms with E-state index in [9.17, 15) is 9.59 Å². The Balaban J connectivity index is 1.65. The van der Waals surface area contributed by atoms with Crippen molar-refractivity contribution in [3.05, 3.63) is 22.7 Å². The SMILES string of the molecule is CCC(=O)Nc1cc(OC)c(C(=O)N[C@@H]2CCN(C3CCCCC3)C2)cc1Cl. The number of amides is 2. The van der Waals surface area contributed by atoms with Crippen molar-refractivity contribution in [2.75, 3.05) is 25.5 Å². The molecule has 1 atom stereocenters. The normalized spacial score (nSPS) is 20.8. The molecule has 0 unspecified atom stereocenters. The van der Waals surface area contributed by atoms with Crippen LogP contribution in [0, 0.1) is 0 Å². The number of methoxy groups -OCH3 is 1. The van der Waals surface area contributed by atoms with Gasteiger partial charge in [0.15, 0.2) is 0 Å². The average Bonchev–Trinajstić information content (AvgIpc) is 3.18. The Kier molecular flexibility index (Phi) is 7.18. The number of carbonyl (C=O) groups excluding carboxylic acids is 2. The molecule has 0 bridgehead atoms. The fourth-order valence-electron chi connectivity index (χ4n) is 4.18. The third-order valence-electron chi connectivity index (χ3n) is 5.77. The summed E-state index contributed by atoms with van der Waals surface area (Å²) < 4.78 is 5.38. The van der Waals surface area contributed by atoms with Gasteiger partial charge in [0.1, 0.15) is 5.75 Å². The molecule has 154 valence electrons. The highest BCUT2D eigenvalue weighted by Gasteiger charge is 2.30. The number of anilines is 1. The Morgan fingerprint density at radius 2 is 1.96 bits per heavy atom. The fraction of sp³-hybridized carbons (Fsp3) is 0.619. The zero-order valence-corrected chi connectivity index (χ0v) is 17.5. The number of halogens is 1. The van der Waals surface area contributed by atoms with Crippen molar-refractivity contribution in [2.24, 2.45) is 0 Å². The van der Waals surface area contributed by atoms with Crippen LogP contribution in [0.25, 0.3) is 0 Å². The Hall–Kier alpha value is -1.79. The van der Waals surface area contributed by atoms with Gasteiger partial charge in [-0.1, -0.05) is 37.8 Å². The molecule has 0 radical (unpaired) electrons. The van der Waals surface area contributed by atoms with Gasteiger partial charge in [0, 0.05) is 37.7 Å². The lowest BCUT2D eigenvalue weighted by atomic mass is 9.94. The summed E-state index contributed by atoms with van der Waals surface area (Å²) in [6, 6.07) is 3.97. The molecule has 7 heteroatoms. The van der Waals surface area contributed by atoms with E-state index < -0.39 is 0 Å². The van der Waals surface area contributed by atoms with Crippen LogP contribution in [0.15, 0.2) is 12.1 Å². The van der Waals surface area contributed by atoms with Crippen LogP contribution in [0.4, 0.5) is 5.69 Å². The molecule has 0 spiro atoms. The van der Waals surface area contributed by atoms with Crippen LogP contribution < -0.4 is 15.4 Å². The van der Waals surface area contributed by atoms with Gasteiger partial charge in [-0.15, -0.1) is 0 Å². The van der Waals surface area contributed by atoms with E-state index >= 15 is 0 Å². The van der Waals surface area contributed by atoms with E-state index in [2.05, 4.69) is 15.5 Å². The van der Waals surface area contributed by atoms with Crippen LogP contribution in [-0.4, -0.2) is 49.0 Å². The summed E-state index contributed by atoms with van der Waals surface area (Å²) in [5, 5.41) is 6.18. The smallest absolute Gasteiger partial charge is 0.255 e. The van der Waals surface area contributed by atoms with E-state index in [1.807, 2.05) is 0 Å². The Labute approximate surface area is 171 Å². The van der Waals surface area contributed by atoms with Gasteiger partial charge in [-0.25, -0.2) is 0 Å². The van der Waals surface area contributed by atoms with Gasteiger partial charge in [0.05, 0.1) is 23.4 Å². The lowest BCUT2D eigenvalue weighted by Gasteiger charge is -2.31. The number of benzene rings is 1. The molecule has 0 aromatic heterocycles. The lowest BCUT2D eigenvalue weighted by molar-refractivity contribution is -0.115. The van der Waals surface area contributed by atoms with E-state index in [4.69, 9.17) is 16.3 Å². The van der Waals surface area contributed by atoms with Crippen LogP contribution in [-0.2, 0) is 4.79 Å². The van der Waals surface area contributed by atoms with Gasteiger partial charge < -0.3 is 15.4 Å². The van der Waals surface area contributed by atoms with Crippen molar-refractivity contribution in [1.29, 1.82) is 0 Å². The molecule has 2 fully saturated rings. The molecular formula is C21H30ClN3O3. The molecule has 1 saturated carbocycles. The quantitative estimate of drug-likeness (QED) is 0.751. The van der Waals surface area contributed by atoms with Crippen LogP contribution in [0.3, 0.4) is 0 Å². The highest BCUT2D eigenvalue weighted by molar-refractivity contribution is 6.34. The number of ether oxygens (including phenoxy) is 1. The first-order valence-corrected chi connectivity index (χ1v) is 10.6. The molecule has 2 N–H and O–H groups in total. The first-order valence-electron chi connectivity index (χ1n) is 10.2. The number of hydrogen-bond donors (Lipinski definition) is 2. The van der Waals surface area contributed by atoms with Gasteiger partial charge in [0.25, 0.3) is 5.91 Å². The molecule has 1 aliphatic carbocycles. The third-order valence-corrected chi connectivity index (χ3v) is 6.09. The van der Waals surface area contributed by atoms with Crippen molar-refractivity contribution >= 4 is 29.1 Å². The molecule has 1 aromatic carbocycles. The van der Waals surface area contributed by atoms with Gasteiger partial charge >= 0.3 is 0 Å². The summed E-state index contributed by atoms with van der Waals surface area (Å²) in [5.74, 6) is 0.0629. The first-order chi connectivity index (χ1) is 13.5. The van der Waals surface area contributed by atoms with E-state index in [0.717, 1.165) is 19.5 Å². The minimum atomic E-state index is -0.192. The molecule has 2 amide bonds. The zero-order chi connectivity index (χ0) is 20.1. The third kappa shape index (κ3) is 4.97. The largest absolute Gasteiger partial charge is 0.496 e. The van der Waals surface area contributed by atoms with Crippen LogP contribution >= 0.6 is 11.6 Å². The van der Waals surface area contributed by atoms with E-state index in [0.29, 0.717) is 34.5 Å². The minimum Gasteiger partial charge on any atom is -0.496 e. The lowest BCUT2D eigenvalue weighted by Crippen LogP contribution is -2.40. The summed E-state index contributed by atoms with van der Waals surface area (Å²) >= 11 is 6.29. The number of hydrogen-bond acceptors (Lipinski definition) is 4. The summed E-state index contributed by atoms with van der Waals surface area (Å²) in [4.78, 5) is 27.0. The Morgan fingerprint density at radius 1 is 1.21 bits per heavy atom. The van der Waals surface area contributed by atoms with Gasteiger partial charge in [-0.2, -0.15) is 0 Å². The number of nitrogens with zero attached hydrogens (tertiary/aromatic N) is 1. The summed E-state index contributed by atoms with van der Waals surface area (Å²) in [5.41, 5.74) is 0.837. The molecule has 1 aliphatic heterocycles.